The Kier molecular flexibility index (Phi) is 5.36. The number of benzene rings is 1. The molecule has 0 bridgehead atoms. The van der Waals surface area contributed by atoms with Crippen LogP contribution in [0.1, 0.15) is 11.1 Å². The van der Waals surface area contributed by atoms with E-state index in [9.17, 15) is 9.90 Å². The van der Waals surface area contributed by atoms with Crippen LogP contribution in [0.25, 0.3) is 11.2 Å². The molecule has 2 heterocycles. The second kappa shape index (κ2) is 7.87. The van der Waals surface area contributed by atoms with Crippen molar-refractivity contribution in [2.24, 2.45) is 0 Å². The Bertz CT molecular complexity index is 972. The summed E-state index contributed by atoms with van der Waals surface area (Å²) in [5.41, 5.74) is 8.01. The number of aliphatic hydroxyl groups is 1. The van der Waals surface area contributed by atoms with Crippen LogP contribution >= 0.6 is 0 Å². The third kappa shape index (κ3) is 4.06. The molecule has 0 aliphatic rings. The van der Waals surface area contributed by atoms with Gasteiger partial charge >= 0.3 is 12.0 Å². The van der Waals surface area contributed by atoms with Crippen LogP contribution in [0.2, 0.25) is 0 Å². The summed E-state index contributed by atoms with van der Waals surface area (Å²) in [6.07, 6.45) is 0.148. The highest BCUT2D eigenvalue weighted by atomic mass is 16.5. The lowest BCUT2D eigenvalue weighted by Gasteiger charge is -2.08. The molecule has 0 saturated heterocycles. The number of nitrogen functional groups attached to an aromatic ring is 1. The van der Waals surface area contributed by atoms with E-state index in [2.05, 4.69) is 19.7 Å². The molecule has 0 spiro atoms. The minimum atomic E-state index is -0.339. The van der Waals surface area contributed by atoms with E-state index in [0.717, 1.165) is 11.1 Å². The lowest BCUT2D eigenvalue weighted by molar-refractivity contribution is -0.139. The van der Waals surface area contributed by atoms with E-state index in [1.165, 1.54) is 11.7 Å². The third-order valence-corrected chi connectivity index (χ3v) is 3.81. The third-order valence-electron chi connectivity index (χ3n) is 3.81. The molecule has 0 radical (unpaired) electrons. The first-order valence-corrected chi connectivity index (χ1v) is 8.12. The van der Waals surface area contributed by atoms with E-state index in [-0.39, 0.29) is 55.5 Å². The highest BCUT2D eigenvalue weighted by Crippen LogP contribution is 2.25. The van der Waals surface area contributed by atoms with Crippen molar-refractivity contribution in [3.05, 3.63) is 35.4 Å². The zero-order chi connectivity index (χ0) is 19.4. The molecular formula is C17H19N5O5. The van der Waals surface area contributed by atoms with Gasteiger partial charge in [-0.25, -0.2) is 0 Å². The molecule has 1 aromatic carbocycles. The summed E-state index contributed by atoms with van der Waals surface area (Å²) in [7, 11) is 1.34. The lowest BCUT2D eigenvalue weighted by atomic mass is 10.1. The Morgan fingerprint density at radius 1 is 1.26 bits per heavy atom. The summed E-state index contributed by atoms with van der Waals surface area (Å²) in [6.45, 7) is 0.0622. The summed E-state index contributed by atoms with van der Waals surface area (Å²) in [5, 5.41) is 19.1. The number of methoxy groups -OCH3 is 1. The monoisotopic (exact) mass is 373 g/mol. The zero-order valence-electron chi connectivity index (χ0n) is 14.6. The van der Waals surface area contributed by atoms with Crippen LogP contribution < -0.4 is 10.5 Å². The van der Waals surface area contributed by atoms with Crippen molar-refractivity contribution in [2.45, 2.75) is 13.0 Å². The predicted molar refractivity (Wildman–Crippen MR) is 95.2 cm³/mol. The lowest BCUT2D eigenvalue weighted by Crippen LogP contribution is -2.08. The number of hydrogen-bond acceptors (Lipinski definition) is 9. The molecular weight excluding hydrogens is 354 g/mol. The number of carbonyl (C=O) groups excluding carboxylic acids is 1. The van der Waals surface area contributed by atoms with E-state index < -0.39 is 0 Å². The Morgan fingerprint density at radius 2 is 2.04 bits per heavy atom. The average molecular weight is 373 g/mol. The molecule has 0 fully saturated rings. The van der Waals surface area contributed by atoms with Gasteiger partial charge in [-0.05, 0) is 11.1 Å². The van der Waals surface area contributed by atoms with E-state index >= 15 is 0 Å². The summed E-state index contributed by atoms with van der Waals surface area (Å²) >= 11 is 0. The van der Waals surface area contributed by atoms with Crippen molar-refractivity contribution in [3.63, 3.8) is 0 Å². The number of esters is 1. The van der Waals surface area contributed by atoms with Crippen LogP contribution in [-0.4, -0.2) is 56.0 Å². The Hall–Kier alpha value is -3.40. The topological polar surface area (TPSA) is 146 Å². The van der Waals surface area contributed by atoms with Crippen molar-refractivity contribution in [3.8, 4) is 12.0 Å². The van der Waals surface area contributed by atoms with Gasteiger partial charge in [-0.3, -0.25) is 9.36 Å². The van der Waals surface area contributed by atoms with E-state index in [1.54, 1.807) is 0 Å². The van der Waals surface area contributed by atoms with Gasteiger partial charge < -0.3 is 25.4 Å². The summed E-state index contributed by atoms with van der Waals surface area (Å²) < 4.78 is 11.3. The largest absolute Gasteiger partial charge is 0.480 e. The number of nitrogens with two attached hydrogens (primary N) is 1. The Balaban J connectivity index is 1.94. The maximum absolute atomic E-state index is 11.5. The van der Waals surface area contributed by atoms with Crippen molar-refractivity contribution < 1.29 is 24.5 Å². The molecule has 2 aromatic heterocycles. The molecule has 0 aliphatic heterocycles. The molecule has 0 aliphatic carbocycles. The van der Waals surface area contributed by atoms with Crippen LogP contribution in [0.15, 0.2) is 24.3 Å². The maximum atomic E-state index is 11.5. The Labute approximate surface area is 154 Å². The van der Waals surface area contributed by atoms with Crippen LogP contribution in [-0.2, 0) is 22.5 Å². The number of aliphatic hydroxyl groups excluding tert-OH is 1. The number of fused-ring (bicyclic) bond motifs is 1. The number of aromatic nitrogens is 4. The van der Waals surface area contributed by atoms with Crippen LogP contribution in [0.4, 0.5) is 5.82 Å². The second-order valence-corrected chi connectivity index (χ2v) is 5.71. The number of carbonyl (C=O) groups is 1. The SMILES string of the molecule is COC(=O)Cc1cccc(Cn2c(O)nc3c(N)nc(OCCO)nc32)c1. The van der Waals surface area contributed by atoms with Gasteiger partial charge in [-0.1, -0.05) is 24.3 Å². The predicted octanol–water partition coefficient (Wildman–Crippen LogP) is 0.249. The molecule has 10 heteroatoms. The van der Waals surface area contributed by atoms with Crippen LogP contribution in [0.5, 0.6) is 12.0 Å². The van der Waals surface area contributed by atoms with E-state index in [1.807, 2.05) is 24.3 Å². The summed E-state index contributed by atoms with van der Waals surface area (Å²) in [6, 6.07) is 7.00. The smallest absolute Gasteiger partial charge is 0.320 e. The van der Waals surface area contributed by atoms with E-state index in [4.69, 9.17) is 15.6 Å². The Morgan fingerprint density at radius 3 is 2.78 bits per heavy atom. The van der Waals surface area contributed by atoms with Crippen molar-refractivity contribution in [2.75, 3.05) is 26.1 Å². The molecule has 10 nitrogen and oxygen atoms in total. The molecule has 0 unspecified atom stereocenters. The zero-order valence-corrected chi connectivity index (χ0v) is 14.6. The maximum Gasteiger partial charge on any atom is 0.320 e. The molecule has 3 aromatic rings. The standard InChI is InChI=1S/C17H19N5O5/c1-26-12(24)8-10-3-2-4-11(7-10)9-22-15-13(19-17(22)25)14(18)20-16(21-15)27-6-5-23/h2-4,7,23H,5-6,8-9H2,1H3,(H,19,25)(H2,18,20,21). The van der Waals surface area contributed by atoms with Crippen molar-refractivity contribution in [1.29, 1.82) is 0 Å². The first-order chi connectivity index (χ1) is 13.0. The second-order valence-electron chi connectivity index (χ2n) is 5.71. The van der Waals surface area contributed by atoms with Gasteiger partial charge in [0.15, 0.2) is 17.0 Å². The first-order valence-electron chi connectivity index (χ1n) is 8.12. The first kappa shape index (κ1) is 18.4. The van der Waals surface area contributed by atoms with Gasteiger partial charge in [0.2, 0.25) is 0 Å². The molecule has 0 amide bonds. The number of hydrogen-bond donors (Lipinski definition) is 3. The molecule has 4 N–H and O–H groups in total. The van der Waals surface area contributed by atoms with Gasteiger partial charge in [0, 0.05) is 0 Å². The fourth-order valence-corrected chi connectivity index (χ4v) is 2.60. The fourth-order valence-electron chi connectivity index (χ4n) is 2.60. The molecule has 142 valence electrons. The number of anilines is 1. The van der Waals surface area contributed by atoms with Crippen LogP contribution in [0, 0.1) is 0 Å². The molecule has 0 atom stereocenters. The molecule has 3 rings (SSSR count). The highest BCUT2D eigenvalue weighted by molar-refractivity contribution is 5.83. The van der Waals surface area contributed by atoms with Gasteiger partial charge in [0.05, 0.1) is 26.7 Å². The van der Waals surface area contributed by atoms with Crippen molar-refractivity contribution in [1.82, 2.24) is 19.5 Å². The minimum absolute atomic E-state index is 0.0145. The number of rotatable bonds is 7. The van der Waals surface area contributed by atoms with Crippen LogP contribution in [0.3, 0.4) is 0 Å². The quantitative estimate of drug-likeness (QED) is 0.496. The summed E-state index contributed by atoms with van der Waals surface area (Å²) in [5.74, 6) is -0.282. The highest BCUT2D eigenvalue weighted by Gasteiger charge is 2.17. The normalized spacial score (nSPS) is 10.9. The molecule has 0 saturated carbocycles. The number of aromatic hydroxyl groups is 1. The van der Waals surface area contributed by atoms with Gasteiger partial charge in [-0.15, -0.1) is 0 Å². The fraction of sp³-hybridized carbons (Fsp3) is 0.294. The van der Waals surface area contributed by atoms with Gasteiger partial charge in [0.1, 0.15) is 6.61 Å². The number of ether oxygens (including phenoxy) is 2. The number of imidazole rings is 1. The average Bonchev–Trinajstić information content (AvgIpc) is 2.96. The minimum Gasteiger partial charge on any atom is -0.480 e. The van der Waals surface area contributed by atoms with Crippen molar-refractivity contribution >= 4 is 23.0 Å². The van der Waals surface area contributed by atoms with Gasteiger partial charge in [-0.2, -0.15) is 15.0 Å². The van der Waals surface area contributed by atoms with E-state index in [0.29, 0.717) is 5.65 Å². The van der Waals surface area contributed by atoms with Gasteiger partial charge in [0.25, 0.3) is 6.01 Å². The summed E-state index contributed by atoms with van der Waals surface area (Å²) in [4.78, 5) is 23.6. The molecule has 27 heavy (non-hydrogen) atoms. The number of nitrogens with zero attached hydrogens (tertiary/aromatic N) is 4.